The fourth-order valence-electron chi connectivity index (χ4n) is 1.86. The molecule has 0 fully saturated rings. The molecular weight excluding hydrogens is 262 g/mol. The van der Waals surface area contributed by atoms with Crippen LogP contribution in [0.3, 0.4) is 0 Å². The molecule has 1 aromatic carbocycles. The third kappa shape index (κ3) is 2.47. The summed E-state index contributed by atoms with van der Waals surface area (Å²) in [6.07, 6.45) is 0. The molecule has 1 aliphatic heterocycles. The number of nitrogens with two attached hydrogens (primary N) is 1. The van der Waals surface area contributed by atoms with E-state index in [4.69, 9.17) is 5.73 Å². The molecule has 2 heterocycles. The first-order chi connectivity index (χ1) is 8.83. The molecule has 1 aromatic heterocycles. The number of nitrogens with zero attached hydrogens (tertiary/aromatic N) is 2. The Morgan fingerprint density at radius 1 is 1.17 bits per heavy atom. The van der Waals surface area contributed by atoms with Gasteiger partial charge in [0.2, 0.25) is 0 Å². The van der Waals surface area contributed by atoms with E-state index >= 15 is 0 Å². The van der Waals surface area contributed by atoms with Gasteiger partial charge in [-0.05, 0) is 12.1 Å². The molecule has 0 bridgehead atoms. The molecule has 2 N–H and O–H groups in total. The first-order valence-corrected chi connectivity index (χ1v) is 7.86. The Morgan fingerprint density at radius 3 is 2.83 bits per heavy atom. The van der Waals surface area contributed by atoms with Gasteiger partial charge in [0.05, 0.1) is 11.4 Å². The van der Waals surface area contributed by atoms with Crippen molar-refractivity contribution < 1.29 is 0 Å². The summed E-state index contributed by atoms with van der Waals surface area (Å²) in [5, 5.41) is 0. The number of fused-ring (bicyclic) bond motifs is 1. The minimum atomic E-state index is 0.661. The molecule has 92 valence electrons. The molecule has 2 aromatic rings. The Kier molecular flexibility index (Phi) is 3.43. The Morgan fingerprint density at radius 2 is 2.00 bits per heavy atom. The first kappa shape index (κ1) is 11.9. The van der Waals surface area contributed by atoms with Gasteiger partial charge in [0.1, 0.15) is 11.6 Å². The summed E-state index contributed by atoms with van der Waals surface area (Å²) in [5.74, 6) is 4.18. The van der Waals surface area contributed by atoms with Gasteiger partial charge in [-0.15, -0.1) is 11.8 Å². The van der Waals surface area contributed by atoms with Crippen molar-refractivity contribution in [1.29, 1.82) is 0 Å². The molecule has 0 radical (unpaired) electrons. The fraction of sp³-hybridized carbons (Fsp3) is 0.231. The maximum atomic E-state index is 5.97. The molecule has 0 saturated heterocycles. The van der Waals surface area contributed by atoms with Gasteiger partial charge in [-0.3, -0.25) is 0 Å². The van der Waals surface area contributed by atoms with Crippen molar-refractivity contribution in [3.8, 4) is 0 Å². The Hall–Kier alpha value is -1.20. The van der Waals surface area contributed by atoms with Crippen molar-refractivity contribution in [2.45, 2.75) is 22.2 Å². The van der Waals surface area contributed by atoms with E-state index in [1.165, 1.54) is 4.90 Å². The van der Waals surface area contributed by atoms with Gasteiger partial charge in [0.25, 0.3) is 0 Å². The van der Waals surface area contributed by atoms with E-state index in [0.29, 0.717) is 5.82 Å². The number of anilines is 1. The fourth-order valence-corrected chi connectivity index (χ4v) is 3.69. The van der Waals surface area contributed by atoms with Crippen LogP contribution in [0.5, 0.6) is 0 Å². The van der Waals surface area contributed by atoms with E-state index in [0.717, 1.165) is 34.3 Å². The van der Waals surface area contributed by atoms with Gasteiger partial charge in [-0.1, -0.05) is 18.2 Å². The molecule has 0 unspecified atom stereocenters. The Balaban J connectivity index is 1.76. The molecule has 5 heteroatoms. The van der Waals surface area contributed by atoms with E-state index in [1.807, 2.05) is 30.0 Å². The lowest BCUT2D eigenvalue weighted by Crippen LogP contribution is -2.04. The molecule has 18 heavy (non-hydrogen) atoms. The molecule has 0 aliphatic carbocycles. The summed E-state index contributed by atoms with van der Waals surface area (Å²) >= 11 is 3.59. The van der Waals surface area contributed by atoms with Crippen molar-refractivity contribution in [3.05, 3.63) is 47.4 Å². The standard InChI is InChI=1S/C13H13N3S2/c14-13-10-6-17-7-11(10)15-12(16-13)8-18-9-4-2-1-3-5-9/h1-5H,6-8H2,(H2,14,15,16). The molecule has 1 aliphatic rings. The van der Waals surface area contributed by atoms with Gasteiger partial charge in [0, 0.05) is 22.0 Å². The van der Waals surface area contributed by atoms with Gasteiger partial charge in [0.15, 0.2) is 0 Å². The summed E-state index contributed by atoms with van der Waals surface area (Å²) in [5.41, 5.74) is 8.22. The molecule has 0 atom stereocenters. The van der Waals surface area contributed by atoms with E-state index in [9.17, 15) is 0 Å². The summed E-state index contributed by atoms with van der Waals surface area (Å²) in [6.45, 7) is 0. The number of nitrogen functional groups attached to an aromatic ring is 1. The summed E-state index contributed by atoms with van der Waals surface area (Å²) in [7, 11) is 0. The second kappa shape index (κ2) is 5.20. The topological polar surface area (TPSA) is 51.8 Å². The van der Waals surface area contributed by atoms with Crippen LogP contribution in [0.2, 0.25) is 0 Å². The van der Waals surface area contributed by atoms with Crippen LogP contribution in [-0.2, 0) is 17.3 Å². The minimum absolute atomic E-state index is 0.661. The van der Waals surface area contributed by atoms with E-state index < -0.39 is 0 Å². The summed E-state index contributed by atoms with van der Waals surface area (Å²) < 4.78 is 0. The second-order valence-corrected chi connectivity index (χ2v) is 6.08. The van der Waals surface area contributed by atoms with Gasteiger partial charge in [-0.25, -0.2) is 9.97 Å². The quantitative estimate of drug-likeness (QED) is 0.872. The second-order valence-electron chi connectivity index (χ2n) is 4.04. The van der Waals surface area contributed by atoms with Gasteiger partial charge < -0.3 is 5.73 Å². The lowest BCUT2D eigenvalue weighted by atomic mass is 10.2. The van der Waals surface area contributed by atoms with Crippen LogP contribution in [-0.4, -0.2) is 9.97 Å². The van der Waals surface area contributed by atoms with E-state index in [2.05, 4.69) is 22.1 Å². The van der Waals surface area contributed by atoms with Gasteiger partial charge >= 0.3 is 0 Å². The van der Waals surface area contributed by atoms with Crippen molar-refractivity contribution in [1.82, 2.24) is 9.97 Å². The van der Waals surface area contributed by atoms with Crippen molar-refractivity contribution in [3.63, 3.8) is 0 Å². The number of hydrogen-bond acceptors (Lipinski definition) is 5. The zero-order chi connectivity index (χ0) is 12.4. The lowest BCUT2D eigenvalue weighted by molar-refractivity contribution is 0.982. The highest BCUT2D eigenvalue weighted by Gasteiger charge is 2.17. The van der Waals surface area contributed by atoms with Crippen molar-refractivity contribution in [2.24, 2.45) is 0 Å². The third-order valence-electron chi connectivity index (χ3n) is 2.77. The number of benzene rings is 1. The average Bonchev–Trinajstić information content (AvgIpc) is 2.86. The first-order valence-electron chi connectivity index (χ1n) is 5.72. The van der Waals surface area contributed by atoms with Crippen LogP contribution in [0.4, 0.5) is 5.82 Å². The molecule has 3 nitrogen and oxygen atoms in total. The molecule has 0 saturated carbocycles. The predicted octanol–water partition coefficient (Wildman–Crippen LogP) is 3.10. The van der Waals surface area contributed by atoms with Crippen LogP contribution in [0.25, 0.3) is 0 Å². The number of hydrogen-bond donors (Lipinski definition) is 1. The monoisotopic (exact) mass is 275 g/mol. The van der Waals surface area contributed by atoms with Crippen molar-refractivity contribution >= 4 is 29.3 Å². The largest absolute Gasteiger partial charge is 0.383 e. The molecule has 0 amide bonds. The maximum absolute atomic E-state index is 5.97. The van der Waals surface area contributed by atoms with Crippen LogP contribution in [0, 0.1) is 0 Å². The normalized spacial score (nSPS) is 13.6. The Bertz CT molecular complexity index is 558. The highest BCUT2D eigenvalue weighted by molar-refractivity contribution is 7.98. The number of aromatic nitrogens is 2. The highest BCUT2D eigenvalue weighted by atomic mass is 32.2. The zero-order valence-electron chi connectivity index (χ0n) is 9.80. The van der Waals surface area contributed by atoms with Crippen LogP contribution < -0.4 is 5.73 Å². The average molecular weight is 275 g/mol. The van der Waals surface area contributed by atoms with Crippen LogP contribution >= 0.6 is 23.5 Å². The zero-order valence-corrected chi connectivity index (χ0v) is 11.4. The van der Waals surface area contributed by atoms with Crippen LogP contribution in [0.15, 0.2) is 35.2 Å². The SMILES string of the molecule is Nc1nc(CSc2ccccc2)nc2c1CSC2. The third-order valence-corrected chi connectivity index (χ3v) is 4.75. The molecule has 0 spiro atoms. The molecular formula is C13H13N3S2. The van der Waals surface area contributed by atoms with Crippen LogP contribution in [0.1, 0.15) is 17.1 Å². The van der Waals surface area contributed by atoms with Gasteiger partial charge in [-0.2, -0.15) is 11.8 Å². The summed E-state index contributed by atoms with van der Waals surface area (Å²) in [6, 6.07) is 10.3. The van der Waals surface area contributed by atoms with E-state index in [-0.39, 0.29) is 0 Å². The Labute approximate surface area is 115 Å². The number of rotatable bonds is 3. The highest BCUT2D eigenvalue weighted by Crippen LogP contribution is 2.32. The smallest absolute Gasteiger partial charge is 0.141 e. The predicted molar refractivity (Wildman–Crippen MR) is 77.4 cm³/mol. The van der Waals surface area contributed by atoms with Crippen molar-refractivity contribution in [2.75, 3.05) is 5.73 Å². The number of thioether (sulfide) groups is 2. The van der Waals surface area contributed by atoms with E-state index in [1.54, 1.807) is 11.8 Å². The lowest BCUT2D eigenvalue weighted by Gasteiger charge is -2.06. The summed E-state index contributed by atoms with van der Waals surface area (Å²) in [4.78, 5) is 10.2. The maximum Gasteiger partial charge on any atom is 0.141 e. The molecule has 3 rings (SSSR count). The minimum Gasteiger partial charge on any atom is -0.383 e.